The Kier molecular flexibility index (Phi) is 4.28. The van der Waals surface area contributed by atoms with E-state index in [0.29, 0.717) is 6.61 Å². The molecule has 0 fully saturated rings. The number of hydrogen-bond donors (Lipinski definition) is 1. The Balaban J connectivity index is 2.05. The molecule has 2 aromatic rings. The van der Waals surface area contributed by atoms with Crippen molar-refractivity contribution in [1.82, 2.24) is 9.97 Å². The van der Waals surface area contributed by atoms with Crippen molar-refractivity contribution in [3.8, 4) is 5.75 Å². The van der Waals surface area contributed by atoms with Crippen molar-refractivity contribution in [2.75, 3.05) is 18.5 Å². The summed E-state index contributed by atoms with van der Waals surface area (Å²) >= 11 is 2.30. The third kappa shape index (κ3) is 2.84. The molecule has 0 radical (unpaired) electrons. The summed E-state index contributed by atoms with van der Waals surface area (Å²) < 4.78 is 6.83. The highest BCUT2D eigenvalue weighted by molar-refractivity contribution is 14.1. The number of aromatic nitrogens is 2. The Labute approximate surface area is 138 Å². The predicted octanol–water partition coefficient (Wildman–Crippen LogP) is 3.74. The summed E-state index contributed by atoms with van der Waals surface area (Å²) in [6, 6.07) is 8.19. The molecule has 1 atom stereocenters. The lowest BCUT2D eigenvalue weighted by atomic mass is 9.92. The predicted molar refractivity (Wildman–Crippen MR) is 92.0 cm³/mol. The van der Waals surface area contributed by atoms with Crippen LogP contribution in [0.15, 0.2) is 24.3 Å². The van der Waals surface area contributed by atoms with Gasteiger partial charge in [0.05, 0.1) is 21.8 Å². The fraction of sp³-hybridized carbons (Fsp3) is 0.375. The molecule has 0 amide bonds. The second-order valence-corrected chi connectivity index (χ2v) is 6.17. The number of para-hydroxylation sites is 1. The highest BCUT2D eigenvalue weighted by Crippen LogP contribution is 2.37. The topological polar surface area (TPSA) is 47.0 Å². The number of rotatable bonds is 3. The van der Waals surface area contributed by atoms with Gasteiger partial charge >= 0.3 is 0 Å². The smallest absolute Gasteiger partial charge is 0.143 e. The Bertz CT molecular complexity index is 660. The van der Waals surface area contributed by atoms with Gasteiger partial charge in [0, 0.05) is 12.1 Å². The monoisotopic (exact) mass is 395 g/mol. The lowest BCUT2D eigenvalue weighted by molar-refractivity contribution is 0.274. The zero-order valence-electron chi connectivity index (χ0n) is 12.2. The minimum Gasteiger partial charge on any atom is -0.493 e. The van der Waals surface area contributed by atoms with Gasteiger partial charge in [0.25, 0.3) is 0 Å². The maximum Gasteiger partial charge on any atom is 0.143 e. The van der Waals surface area contributed by atoms with Crippen LogP contribution in [-0.4, -0.2) is 23.1 Å². The van der Waals surface area contributed by atoms with Gasteiger partial charge in [-0.2, -0.15) is 0 Å². The summed E-state index contributed by atoms with van der Waals surface area (Å²) in [5, 5.41) is 3.33. The number of ether oxygens (including phenoxy) is 1. The minimum atomic E-state index is 0.211. The maximum atomic E-state index is 5.73. The standard InChI is InChI=1S/C16H18IN3O/c1-3-18-16-14(17)10(2)19-15(20-16)12-8-9-21-13-7-5-4-6-11(12)13/h4-7,12H,3,8-9H2,1-2H3,(H,18,19,20). The molecule has 0 bridgehead atoms. The molecular weight excluding hydrogens is 377 g/mol. The number of fused-ring (bicyclic) bond motifs is 1. The van der Waals surface area contributed by atoms with Crippen LogP contribution in [-0.2, 0) is 0 Å². The first kappa shape index (κ1) is 14.6. The van der Waals surface area contributed by atoms with Crippen LogP contribution in [0.5, 0.6) is 5.75 Å². The van der Waals surface area contributed by atoms with E-state index in [0.717, 1.165) is 39.6 Å². The first-order valence-electron chi connectivity index (χ1n) is 7.20. The van der Waals surface area contributed by atoms with Crippen LogP contribution >= 0.6 is 22.6 Å². The fourth-order valence-electron chi connectivity index (χ4n) is 2.63. The van der Waals surface area contributed by atoms with E-state index in [1.54, 1.807) is 0 Å². The van der Waals surface area contributed by atoms with Gasteiger partial charge in [-0.25, -0.2) is 9.97 Å². The SMILES string of the molecule is CCNc1nc(C2CCOc3ccccc32)nc(C)c1I. The summed E-state index contributed by atoms with van der Waals surface area (Å²) in [5.74, 6) is 2.99. The van der Waals surface area contributed by atoms with E-state index in [9.17, 15) is 0 Å². The van der Waals surface area contributed by atoms with E-state index in [1.165, 1.54) is 5.56 Å². The van der Waals surface area contributed by atoms with Crippen LogP contribution in [0.25, 0.3) is 0 Å². The molecule has 1 aromatic heterocycles. The van der Waals surface area contributed by atoms with Gasteiger partial charge < -0.3 is 10.1 Å². The average Bonchev–Trinajstić information content (AvgIpc) is 2.51. The van der Waals surface area contributed by atoms with Crippen LogP contribution in [0.3, 0.4) is 0 Å². The molecule has 1 unspecified atom stereocenters. The Hall–Kier alpha value is -1.37. The van der Waals surface area contributed by atoms with Gasteiger partial charge in [-0.3, -0.25) is 0 Å². The zero-order valence-corrected chi connectivity index (χ0v) is 14.3. The molecule has 1 aliphatic heterocycles. The van der Waals surface area contributed by atoms with Crippen LogP contribution < -0.4 is 10.1 Å². The Morgan fingerprint density at radius 3 is 2.95 bits per heavy atom. The highest BCUT2D eigenvalue weighted by atomic mass is 127. The van der Waals surface area contributed by atoms with Crippen LogP contribution in [0, 0.1) is 10.5 Å². The molecule has 110 valence electrons. The maximum absolute atomic E-state index is 5.73. The number of hydrogen-bond acceptors (Lipinski definition) is 4. The molecule has 21 heavy (non-hydrogen) atoms. The molecule has 0 saturated carbocycles. The van der Waals surface area contributed by atoms with E-state index < -0.39 is 0 Å². The molecule has 4 nitrogen and oxygen atoms in total. The molecule has 0 aliphatic carbocycles. The zero-order chi connectivity index (χ0) is 14.8. The summed E-state index contributed by atoms with van der Waals surface area (Å²) in [6.07, 6.45) is 0.919. The second-order valence-electron chi connectivity index (χ2n) is 5.09. The molecule has 1 aliphatic rings. The highest BCUT2D eigenvalue weighted by Gasteiger charge is 2.26. The van der Waals surface area contributed by atoms with E-state index in [4.69, 9.17) is 14.7 Å². The van der Waals surface area contributed by atoms with Crippen LogP contribution in [0.4, 0.5) is 5.82 Å². The van der Waals surface area contributed by atoms with Crippen LogP contribution in [0.2, 0.25) is 0 Å². The average molecular weight is 395 g/mol. The Morgan fingerprint density at radius 1 is 1.33 bits per heavy atom. The summed E-state index contributed by atoms with van der Waals surface area (Å²) in [7, 11) is 0. The normalized spacial score (nSPS) is 17.0. The molecule has 0 spiro atoms. The first-order valence-corrected chi connectivity index (χ1v) is 8.28. The van der Waals surface area contributed by atoms with Crippen molar-refractivity contribution in [1.29, 1.82) is 0 Å². The van der Waals surface area contributed by atoms with Gasteiger partial charge in [-0.1, -0.05) is 18.2 Å². The van der Waals surface area contributed by atoms with Gasteiger partial charge in [-0.05, 0) is 48.9 Å². The van der Waals surface area contributed by atoms with Gasteiger partial charge in [0.2, 0.25) is 0 Å². The second kappa shape index (κ2) is 6.17. The van der Waals surface area contributed by atoms with Crippen molar-refractivity contribution in [2.24, 2.45) is 0 Å². The van der Waals surface area contributed by atoms with Crippen molar-refractivity contribution in [2.45, 2.75) is 26.2 Å². The third-order valence-electron chi connectivity index (χ3n) is 3.65. The number of nitrogens with zero attached hydrogens (tertiary/aromatic N) is 2. The van der Waals surface area contributed by atoms with Crippen molar-refractivity contribution in [3.05, 3.63) is 44.9 Å². The molecule has 3 rings (SSSR count). The van der Waals surface area contributed by atoms with Crippen LogP contribution in [0.1, 0.15) is 36.3 Å². The lowest BCUT2D eigenvalue weighted by Gasteiger charge is -2.25. The van der Waals surface area contributed by atoms with E-state index in [-0.39, 0.29) is 5.92 Å². The molecule has 1 N–H and O–H groups in total. The summed E-state index contributed by atoms with van der Waals surface area (Å²) in [4.78, 5) is 9.48. The van der Waals surface area contributed by atoms with E-state index in [1.807, 2.05) is 25.1 Å². The number of nitrogens with one attached hydrogen (secondary N) is 1. The molecule has 1 aromatic carbocycles. The quantitative estimate of drug-likeness (QED) is 0.805. The lowest BCUT2D eigenvalue weighted by Crippen LogP contribution is -2.19. The largest absolute Gasteiger partial charge is 0.493 e. The fourth-order valence-corrected chi connectivity index (χ4v) is 3.06. The first-order chi connectivity index (χ1) is 10.2. The van der Waals surface area contributed by atoms with Gasteiger partial charge in [0.15, 0.2) is 0 Å². The van der Waals surface area contributed by atoms with Gasteiger partial charge in [-0.15, -0.1) is 0 Å². The number of anilines is 1. The molecular formula is C16H18IN3O. The van der Waals surface area contributed by atoms with E-state index >= 15 is 0 Å². The minimum absolute atomic E-state index is 0.211. The number of halogens is 1. The molecule has 0 saturated heterocycles. The Morgan fingerprint density at radius 2 is 2.14 bits per heavy atom. The number of aryl methyl sites for hydroxylation is 1. The van der Waals surface area contributed by atoms with Crippen molar-refractivity contribution in [3.63, 3.8) is 0 Å². The molecule has 5 heteroatoms. The summed E-state index contributed by atoms with van der Waals surface area (Å²) in [6.45, 7) is 5.69. The van der Waals surface area contributed by atoms with Crippen molar-refractivity contribution >= 4 is 28.4 Å². The third-order valence-corrected chi connectivity index (χ3v) is 4.94. The van der Waals surface area contributed by atoms with E-state index in [2.05, 4.69) is 40.9 Å². The molecule has 2 heterocycles. The van der Waals surface area contributed by atoms with Crippen molar-refractivity contribution < 1.29 is 4.74 Å². The number of benzene rings is 1. The summed E-state index contributed by atoms with van der Waals surface area (Å²) in [5.41, 5.74) is 2.22. The van der Waals surface area contributed by atoms with Gasteiger partial charge in [0.1, 0.15) is 17.4 Å².